The quantitative estimate of drug-likeness (QED) is 0.669. The van der Waals surface area contributed by atoms with Crippen LogP contribution in [0.4, 0.5) is 0 Å². The first-order chi connectivity index (χ1) is 5.59. The third-order valence-electron chi connectivity index (χ3n) is 2.98. The second-order valence-corrected chi connectivity index (χ2v) is 4.54. The summed E-state index contributed by atoms with van der Waals surface area (Å²) in [5.74, 6) is 0. The lowest BCUT2D eigenvalue weighted by atomic mass is 10.1. The zero-order chi connectivity index (χ0) is 9.19. The summed E-state index contributed by atoms with van der Waals surface area (Å²) in [6, 6.07) is 0.680. The summed E-state index contributed by atoms with van der Waals surface area (Å²) in [7, 11) is 4.27. The Kier molecular flexibility index (Phi) is 3.13. The van der Waals surface area contributed by atoms with Gasteiger partial charge >= 0.3 is 0 Å². The van der Waals surface area contributed by atoms with E-state index in [1.54, 1.807) is 0 Å². The highest BCUT2D eigenvalue weighted by Gasteiger charge is 2.42. The molecule has 1 aliphatic rings. The van der Waals surface area contributed by atoms with E-state index in [1.807, 2.05) is 0 Å². The number of rotatable bonds is 5. The highest BCUT2D eigenvalue weighted by molar-refractivity contribution is 4.96. The number of nitrogens with one attached hydrogen (secondary N) is 1. The minimum Gasteiger partial charge on any atom is -0.319 e. The van der Waals surface area contributed by atoms with E-state index in [0.29, 0.717) is 11.5 Å². The molecule has 1 rings (SSSR count). The van der Waals surface area contributed by atoms with Crippen LogP contribution in [0.15, 0.2) is 0 Å². The van der Waals surface area contributed by atoms with Gasteiger partial charge in [-0.1, -0.05) is 0 Å². The van der Waals surface area contributed by atoms with Gasteiger partial charge in [0.05, 0.1) is 0 Å². The maximum atomic E-state index is 3.29. The summed E-state index contributed by atoms with van der Waals surface area (Å²) in [5.41, 5.74) is 0.619. The summed E-state index contributed by atoms with van der Waals surface area (Å²) in [6.45, 7) is 6.96. The Morgan fingerprint density at radius 3 is 2.33 bits per heavy atom. The molecule has 0 aromatic rings. The third-order valence-corrected chi connectivity index (χ3v) is 2.98. The van der Waals surface area contributed by atoms with E-state index >= 15 is 0 Å². The van der Waals surface area contributed by atoms with Gasteiger partial charge in [-0.3, -0.25) is 0 Å². The van der Waals surface area contributed by atoms with Crippen LogP contribution in [0.2, 0.25) is 0 Å². The standard InChI is InChI=1S/C10H22N2/c1-9(2)12(4)8-10(5-6-10)7-11-3/h9,11H,5-8H2,1-4H3. The SMILES string of the molecule is CNCC1(CN(C)C(C)C)CC1. The first-order valence-electron chi connectivity index (χ1n) is 4.94. The fraction of sp³-hybridized carbons (Fsp3) is 1.00. The molecule has 1 saturated carbocycles. The molecule has 12 heavy (non-hydrogen) atoms. The molecule has 1 aliphatic carbocycles. The van der Waals surface area contributed by atoms with Crippen LogP contribution in [0.25, 0.3) is 0 Å². The molecule has 0 aromatic heterocycles. The summed E-state index contributed by atoms with van der Waals surface area (Å²) in [6.07, 6.45) is 2.82. The van der Waals surface area contributed by atoms with Crippen molar-refractivity contribution in [1.82, 2.24) is 10.2 Å². The first kappa shape index (κ1) is 10.0. The van der Waals surface area contributed by atoms with Gasteiger partial charge in [0.25, 0.3) is 0 Å². The highest BCUT2D eigenvalue weighted by atomic mass is 15.1. The van der Waals surface area contributed by atoms with E-state index in [-0.39, 0.29) is 0 Å². The minimum absolute atomic E-state index is 0.619. The fourth-order valence-electron chi connectivity index (χ4n) is 1.65. The van der Waals surface area contributed by atoms with Gasteiger partial charge in [-0.15, -0.1) is 0 Å². The molecule has 1 fully saturated rings. The molecule has 0 aliphatic heterocycles. The Bertz CT molecular complexity index is 139. The molecule has 2 heteroatoms. The highest BCUT2D eigenvalue weighted by Crippen LogP contribution is 2.45. The Balaban J connectivity index is 2.29. The largest absolute Gasteiger partial charge is 0.319 e. The second-order valence-electron chi connectivity index (χ2n) is 4.54. The first-order valence-corrected chi connectivity index (χ1v) is 4.94. The van der Waals surface area contributed by atoms with E-state index in [9.17, 15) is 0 Å². The van der Waals surface area contributed by atoms with Crippen molar-refractivity contribution in [3.8, 4) is 0 Å². The fourth-order valence-corrected chi connectivity index (χ4v) is 1.65. The van der Waals surface area contributed by atoms with Gasteiger partial charge in [0, 0.05) is 19.1 Å². The van der Waals surface area contributed by atoms with E-state index in [2.05, 4.69) is 38.2 Å². The van der Waals surface area contributed by atoms with Crippen LogP contribution in [0.3, 0.4) is 0 Å². The van der Waals surface area contributed by atoms with Crippen molar-refractivity contribution in [2.75, 3.05) is 27.2 Å². The van der Waals surface area contributed by atoms with Crippen molar-refractivity contribution >= 4 is 0 Å². The number of nitrogens with zero attached hydrogens (tertiary/aromatic N) is 1. The molecule has 0 amide bonds. The molecule has 1 N–H and O–H groups in total. The molecule has 2 nitrogen and oxygen atoms in total. The lowest BCUT2D eigenvalue weighted by Gasteiger charge is -2.26. The molecule has 0 aromatic carbocycles. The maximum Gasteiger partial charge on any atom is 0.00498 e. The van der Waals surface area contributed by atoms with Crippen molar-refractivity contribution in [2.45, 2.75) is 32.7 Å². The monoisotopic (exact) mass is 170 g/mol. The maximum absolute atomic E-state index is 3.29. The van der Waals surface area contributed by atoms with Gasteiger partial charge in [0.15, 0.2) is 0 Å². The second kappa shape index (κ2) is 3.75. The van der Waals surface area contributed by atoms with Crippen molar-refractivity contribution in [3.05, 3.63) is 0 Å². The summed E-state index contributed by atoms with van der Waals surface area (Å²) < 4.78 is 0. The average molecular weight is 170 g/mol. The average Bonchev–Trinajstić information content (AvgIpc) is 2.69. The van der Waals surface area contributed by atoms with Gasteiger partial charge in [-0.25, -0.2) is 0 Å². The van der Waals surface area contributed by atoms with Crippen molar-refractivity contribution in [1.29, 1.82) is 0 Å². The topological polar surface area (TPSA) is 15.3 Å². The molecule has 0 radical (unpaired) electrons. The van der Waals surface area contributed by atoms with E-state index in [0.717, 1.165) is 0 Å². The van der Waals surface area contributed by atoms with Crippen LogP contribution in [-0.4, -0.2) is 38.1 Å². The molecule has 72 valence electrons. The van der Waals surface area contributed by atoms with Crippen LogP contribution < -0.4 is 5.32 Å². The van der Waals surface area contributed by atoms with Gasteiger partial charge in [0.2, 0.25) is 0 Å². The predicted octanol–water partition coefficient (Wildman–Crippen LogP) is 1.33. The molecule has 0 saturated heterocycles. The van der Waals surface area contributed by atoms with Crippen LogP contribution in [-0.2, 0) is 0 Å². The van der Waals surface area contributed by atoms with Gasteiger partial charge in [-0.05, 0) is 46.2 Å². The Hall–Kier alpha value is -0.0800. The third kappa shape index (κ3) is 2.46. The van der Waals surface area contributed by atoms with Crippen molar-refractivity contribution < 1.29 is 0 Å². The summed E-state index contributed by atoms with van der Waals surface area (Å²) in [4.78, 5) is 2.45. The van der Waals surface area contributed by atoms with Crippen LogP contribution in [0, 0.1) is 5.41 Å². The van der Waals surface area contributed by atoms with Crippen LogP contribution in [0.5, 0.6) is 0 Å². The zero-order valence-corrected chi connectivity index (χ0v) is 8.85. The number of hydrogen-bond donors (Lipinski definition) is 1. The lowest BCUT2D eigenvalue weighted by Crippen LogP contribution is -2.36. The molecular weight excluding hydrogens is 148 g/mol. The van der Waals surface area contributed by atoms with Gasteiger partial charge in [0.1, 0.15) is 0 Å². The Labute approximate surface area is 76.3 Å². The van der Waals surface area contributed by atoms with Crippen LogP contribution >= 0.6 is 0 Å². The number of hydrogen-bond acceptors (Lipinski definition) is 2. The summed E-state index contributed by atoms with van der Waals surface area (Å²) >= 11 is 0. The predicted molar refractivity (Wildman–Crippen MR) is 53.4 cm³/mol. The molecular formula is C10H22N2. The molecule has 0 unspecified atom stereocenters. The lowest BCUT2D eigenvalue weighted by molar-refractivity contribution is 0.217. The van der Waals surface area contributed by atoms with E-state index < -0.39 is 0 Å². The zero-order valence-electron chi connectivity index (χ0n) is 8.85. The van der Waals surface area contributed by atoms with Crippen molar-refractivity contribution in [3.63, 3.8) is 0 Å². The van der Waals surface area contributed by atoms with E-state index in [1.165, 1.54) is 25.9 Å². The van der Waals surface area contributed by atoms with E-state index in [4.69, 9.17) is 0 Å². The van der Waals surface area contributed by atoms with Gasteiger partial charge in [-0.2, -0.15) is 0 Å². The smallest absolute Gasteiger partial charge is 0.00498 e. The summed E-state index contributed by atoms with van der Waals surface area (Å²) in [5, 5.41) is 3.29. The normalized spacial score (nSPS) is 20.5. The van der Waals surface area contributed by atoms with Gasteiger partial charge < -0.3 is 10.2 Å². The molecule has 0 heterocycles. The molecule has 0 bridgehead atoms. The Morgan fingerprint density at radius 2 is 2.00 bits per heavy atom. The van der Waals surface area contributed by atoms with Crippen molar-refractivity contribution in [2.24, 2.45) is 5.41 Å². The molecule has 0 spiro atoms. The minimum atomic E-state index is 0.619. The van der Waals surface area contributed by atoms with Crippen LogP contribution in [0.1, 0.15) is 26.7 Å². The Morgan fingerprint density at radius 1 is 1.42 bits per heavy atom. The molecule has 0 atom stereocenters.